The lowest BCUT2D eigenvalue weighted by molar-refractivity contribution is 0.585. The van der Waals surface area contributed by atoms with Crippen LogP contribution in [0.1, 0.15) is 0 Å². The second-order valence-electron chi connectivity index (χ2n) is 4.28. The summed E-state index contributed by atoms with van der Waals surface area (Å²) in [4.78, 5) is 4.39. The van der Waals surface area contributed by atoms with Crippen LogP contribution in [0.15, 0.2) is 47.8 Å². The minimum absolute atomic E-state index is 0.296. The second kappa shape index (κ2) is 5.02. The van der Waals surface area contributed by atoms with Crippen molar-refractivity contribution in [2.75, 3.05) is 5.73 Å². The molecule has 0 bridgehead atoms. The Balaban J connectivity index is 1.99. The average molecular weight is 288 g/mol. The van der Waals surface area contributed by atoms with Crippen molar-refractivity contribution >= 4 is 17.0 Å². The molecule has 2 aromatic carbocycles. The summed E-state index contributed by atoms with van der Waals surface area (Å²) in [6.45, 7) is 0. The molecule has 100 valence electrons. The third kappa shape index (κ3) is 2.40. The van der Waals surface area contributed by atoms with Crippen molar-refractivity contribution in [1.82, 2.24) is 4.98 Å². The smallest absolute Gasteiger partial charge is 0.135 e. The van der Waals surface area contributed by atoms with E-state index >= 15 is 0 Å². The van der Waals surface area contributed by atoms with Crippen molar-refractivity contribution in [2.45, 2.75) is 0 Å². The van der Waals surface area contributed by atoms with Crippen molar-refractivity contribution in [3.63, 3.8) is 0 Å². The number of halogens is 2. The van der Waals surface area contributed by atoms with E-state index in [1.807, 2.05) is 12.1 Å². The number of nitrogen functional groups attached to an aromatic ring is 1. The SMILES string of the molecule is Nc1ccc(-c2nc(-c3ccc(F)cc3F)cs2)cc1. The molecule has 0 saturated carbocycles. The molecule has 0 amide bonds. The predicted molar refractivity (Wildman–Crippen MR) is 77.3 cm³/mol. The molecule has 5 heteroatoms. The van der Waals surface area contributed by atoms with Crippen molar-refractivity contribution in [2.24, 2.45) is 0 Å². The van der Waals surface area contributed by atoms with E-state index in [9.17, 15) is 8.78 Å². The number of hydrogen-bond donors (Lipinski definition) is 1. The molecule has 0 aliphatic rings. The maximum absolute atomic E-state index is 13.7. The highest BCUT2D eigenvalue weighted by atomic mass is 32.1. The Labute approximate surface area is 118 Å². The van der Waals surface area contributed by atoms with Gasteiger partial charge in [0.25, 0.3) is 0 Å². The van der Waals surface area contributed by atoms with Gasteiger partial charge < -0.3 is 5.73 Å². The molecular weight excluding hydrogens is 278 g/mol. The van der Waals surface area contributed by atoms with E-state index < -0.39 is 11.6 Å². The van der Waals surface area contributed by atoms with Crippen LogP contribution in [0.25, 0.3) is 21.8 Å². The lowest BCUT2D eigenvalue weighted by atomic mass is 10.1. The van der Waals surface area contributed by atoms with Gasteiger partial charge in [0.15, 0.2) is 0 Å². The molecule has 0 aliphatic heterocycles. The van der Waals surface area contributed by atoms with Crippen LogP contribution in [0, 0.1) is 11.6 Å². The van der Waals surface area contributed by atoms with Gasteiger partial charge in [0.05, 0.1) is 5.69 Å². The molecule has 1 heterocycles. The van der Waals surface area contributed by atoms with Crippen LogP contribution in [-0.2, 0) is 0 Å². The van der Waals surface area contributed by atoms with Crippen LogP contribution in [-0.4, -0.2) is 4.98 Å². The highest BCUT2D eigenvalue weighted by Crippen LogP contribution is 2.30. The monoisotopic (exact) mass is 288 g/mol. The minimum atomic E-state index is -0.612. The van der Waals surface area contributed by atoms with Gasteiger partial charge >= 0.3 is 0 Å². The molecule has 0 unspecified atom stereocenters. The van der Waals surface area contributed by atoms with Gasteiger partial charge in [0.1, 0.15) is 16.6 Å². The number of rotatable bonds is 2. The predicted octanol–water partition coefficient (Wildman–Crippen LogP) is 4.34. The van der Waals surface area contributed by atoms with Gasteiger partial charge in [-0.15, -0.1) is 11.3 Å². The molecule has 0 fully saturated rings. The van der Waals surface area contributed by atoms with Crippen LogP contribution in [0.4, 0.5) is 14.5 Å². The van der Waals surface area contributed by atoms with E-state index in [0.717, 1.165) is 16.6 Å². The van der Waals surface area contributed by atoms with Crippen LogP contribution in [0.5, 0.6) is 0 Å². The number of benzene rings is 2. The maximum Gasteiger partial charge on any atom is 0.135 e. The van der Waals surface area contributed by atoms with E-state index in [1.165, 1.54) is 23.5 Å². The summed E-state index contributed by atoms with van der Waals surface area (Å²) in [6, 6.07) is 10.8. The summed E-state index contributed by atoms with van der Waals surface area (Å²) in [7, 11) is 0. The molecule has 2 nitrogen and oxygen atoms in total. The second-order valence-corrected chi connectivity index (χ2v) is 5.14. The summed E-state index contributed by atoms with van der Waals surface area (Å²) in [5.74, 6) is -1.21. The van der Waals surface area contributed by atoms with Gasteiger partial charge in [-0.05, 0) is 36.4 Å². The minimum Gasteiger partial charge on any atom is -0.399 e. The first kappa shape index (κ1) is 12.7. The molecule has 1 aromatic heterocycles. The van der Waals surface area contributed by atoms with E-state index in [0.29, 0.717) is 16.9 Å². The molecule has 3 aromatic rings. The molecule has 3 rings (SSSR count). The quantitative estimate of drug-likeness (QED) is 0.712. The number of nitrogens with two attached hydrogens (primary N) is 1. The van der Waals surface area contributed by atoms with E-state index in [1.54, 1.807) is 17.5 Å². The number of hydrogen-bond acceptors (Lipinski definition) is 3. The number of thiazole rings is 1. The van der Waals surface area contributed by atoms with Gasteiger partial charge in [-0.2, -0.15) is 0 Å². The molecular formula is C15H10F2N2S. The maximum atomic E-state index is 13.7. The topological polar surface area (TPSA) is 38.9 Å². The highest BCUT2D eigenvalue weighted by Gasteiger charge is 2.11. The van der Waals surface area contributed by atoms with Crippen molar-refractivity contribution in [3.05, 3.63) is 59.5 Å². The van der Waals surface area contributed by atoms with Crippen molar-refractivity contribution in [1.29, 1.82) is 0 Å². The molecule has 0 radical (unpaired) electrons. The van der Waals surface area contributed by atoms with E-state index in [-0.39, 0.29) is 0 Å². The van der Waals surface area contributed by atoms with Crippen LogP contribution in [0.2, 0.25) is 0 Å². The normalized spacial score (nSPS) is 10.7. The first-order valence-electron chi connectivity index (χ1n) is 5.90. The fourth-order valence-corrected chi connectivity index (χ4v) is 2.68. The Kier molecular flexibility index (Phi) is 3.20. The standard InChI is InChI=1S/C15H10F2N2S/c16-10-3-6-12(13(17)7-10)14-8-20-15(19-14)9-1-4-11(18)5-2-9/h1-8H,18H2. The molecule has 20 heavy (non-hydrogen) atoms. The number of nitrogens with zero attached hydrogens (tertiary/aromatic N) is 1. The van der Waals surface area contributed by atoms with Crippen LogP contribution in [0.3, 0.4) is 0 Å². The van der Waals surface area contributed by atoms with Gasteiger partial charge in [-0.25, -0.2) is 13.8 Å². The fraction of sp³-hybridized carbons (Fsp3) is 0. The number of aromatic nitrogens is 1. The Bertz CT molecular complexity index is 751. The fourth-order valence-electron chi connectivity index (χ4n) is 1.85. The Morgan fingerprint density at radius 1 is 1.00 bits per heavy atom. The molecule has 0 saturated heterocycles. The third-order valence-corrected chi connectivity index (χ3v) is 3.76. The summed E-state index contributed by atoms with van der Waals surface area (Å²) < 4.78 is 26.6. The van der Waals surface area contributed by atoms with Crippen molar-refractivity contribution in [3.8, 4) is 21.8 Å². The Morgan fingerprint density at radius 3 is 2.45 bits per heavy atom. The van der Waals surface area contributed by atoms with Gasteiger partial charge in [-0.1, -0.05) is 0 Å². The number of anilines is 1. The zero-order valence-corrected chi connectivity index (χ0v) is 11.1. The summed E-state index contributed by atoms with van der Waals surface area (Å²) in [6.07, 6.45) is 0. The largest absolute Gasteiger partial charge is 0.399 e. The summed E-state index contributed by atoms with van der Waals surface area (Å²) >= 11 is 1.40. The zero-order chi connectivity index (χ0) is 14.1. The molecule has 2 N–H and O–H groups in total. The van der Waals surface area contributed by atoms with E-state index in [2.05, 4.69) is 4.98 Å². The van der Waals surface area contributed by atoms with Crippen LogP contribution >= 0.6 is 11.3 Å². The average Bonchev–Trinajstić information content (AvgIpc) is 2.89. The zero-order valence-electron chi connectivity index (χ0n) is 10.3. The lowest BCUT2D eigenvalue weighted by Crippen LogP contribution is -1.87. The highest BCUT2D eigenvalue weighted by molar-refractivity contribution is 7.13. The Hall–Kier alpha value is -2.27. The van der Waals surface area contributed by atoms with Crippen LogP contribution < -0.4 is 5.73 Å². The van der Waals surface area contributed by atoms with Gasteiger partial charge in [-0.3, -0.25) is 0 Å². The first-order valence-corrected chi connectivity index (χ1v) is 6.78. The third-order valence-electron chi connectivity index (χ3n) is 2.87. The van der Waals surface area contributed by atoms with Gasteiger partial charge in [0, 0.05) is 28.3 Å². The lowest BCUT2D eigenvalue weighted by Gasteiger charge is -1.99. The van der Waals surface area contributed by atoms with Gasteiger partial charge in [0.2, 0.25) is 0 Å². The first-order chi connectivity index (χ1) is 9.63. The van der Waals surface area contributed by atoms with E-state index in [4.69, 9.17) is 5.73 Å². The molecule has 0 aliphatic carbocycles. The molecule has 0 spiro atoms. The summed E-state index contributed by atoms with van der Waals surface area (Å²) in [5.41, 5.74) is 8.02. The summed E-state index contributed by atoms with van der Waals surface area (Å²) in [5, 5.41) is 2.52. The molecule has 0 atom stereocenters. The Morgan fingerprint density at radius 2 is 1.75 bits per heavy atom. The van der Waals surface area contributed by atoms with Crippen molar-refractivity contribution < 1.29 is 8.78 Å².